The predicted molar refractivity (Wildman–Crippen MR) is 101 cm³/mol. The van der Waals surface area contributed by atoms with Crippen molar-refractivity contribution in [1.29, 1.82) is 0 Å². The van der Waals surface area contributed by atoms with Gasteiger partial charge in [-0.2, -0.15) is 0 Å². The van der Waals surface area contributed by atoms with Crippen molar-refractivity contribution in [1.82, 2.24) is 4.98 Å². The molecule has 0 saturated heterocycles. The lowest BCUT2D eigenvalue weighted by molar-refractivity contribution is 0.356. The number of benzene rings is 2. The highest BCUT2D eigenvalue weighted by Gasteiger charge is 2.13. The number of fused-ring (bicyclic) bond motifs is 1. The number of pyridine rings is 1. The number of rotatable bonds is 3. The van der Waals surface area contributed by atoms with Crippen molar-refractivity contribution in [2.24, 2.45) is 0 Å². The van der Waals surface area contributed by atoms with Crippen molar-refractivity contribution in [3.63, 3.8) is 0 Å². The third-order valence-electron chi connectivity index (χ3n) is 4.10. The molecule has 3 rings (SSSR count). The molecule has 0 aliphatic rings. The third-order valence-corrected chi connectivity index (χ3v) is 4.10. The Morgan fingerprint density at radius 1 is 0.917 bits per heavy atom. The number of hydrogen-bond acceptors (Lipinski definition) is 4. The molecule has 126 valence electrons. The van der Waals surface area contributed by atoms with E-state index < -0.39 is 0 Å². The molecule has 0 atom stereocenters. The van der Waals surface area contributed by atoms with Gasteiger partial charge in [-0.25, -0.2) is 4.98 Å². The average molecular weight is 345 g/mol. The summed E-state index contributed by atoms with van der Waals surface area (Å²) in [4.78, 5) is 4.61. The van der Waals surface area contributed by atoms with Gasteiger partial charge in [-0.3, -0.25) is 0 Å². The van der Waals surface area contributed by atoms with Crippen LogP contribution in [0.1, 0.15) is 11.1 Å². The van der Waals surface area contributed by atoms with Gasteiger partial charge in [0, 0.05) is 10.9 Å². The number of aromatic nitrogens is 1. The number of ether oxygens (including phenoxy) is 2. The molecule has 2 aromatic carbocycles. The number of anilines is 1. The predicted octanol–water partition coefficient (Wildman–Crippen LogP) is 4.54. The van der Waals surface area contributed by atoms with E-state index in [0.717, 1.165) is 22.0 Å². The summed E-state index contributed by atoms with van der Waals surface area (Å²) in [5.41, 5.74) is 10.6. The van der Waals surface area contributed by atoms with Gasteiger partial charge >= 0.3 is 0 Å². The number of nitrogens with two attached hydrogens (primary N) is 1. The van der Waals surface area contributed by atoms with Gasteiger partial charge in [0.05, 0.1) is 19.9 Å². The van der Waals surface area contributed by atoms with Crippen molar-refractivity contribution in [2.75, 3.05) is 20.0 Å². The van der Waals surface area contributed by atoms with Gasteiger partial charge in [0.2, 0.25) is 0 Å². The number of hydrogen-bond donors (Lipinski definition) is 1. The molecule has 2 N–H and O–H groups in total. The highest BCUT2D eigenvalue weighted by atomic mass is 35.5. The second-order valence-electron chi connectivity index (χ2n) is 5.59. The molecule has 0 bridgehead atoms. The van der Waals surface area contributed by atoms with E-state index in [0.29, 0.717) is 17.3 Å². The second kappa shape index (κ2) is 6.97. The first-order valence-corrected chi connectivity index (χ1v) is 7.44. The molecular formula is C19H21ClN2O2. The van der Waals surface area contributed by atoms with Gasteiger partial charge in [-0.1, -0.05) is 18.2 Å². The fraction of sp³-hybridized carbons (Fsp3) is 0.211. The molecule has 0 aliphatic heterocycles. The molecule has 0 spiro atoms. The van der Waals surface area contributed by atoms with E-state index in [4.69, 9.17) is 15.2 Å². The summed E-state index contributed by atoms with van der Waals surface area (Å²) in [7, 11) is 3.24. The standard InChI is InChI=1S/C19H20N2O2.ClH/c1-11-6-5-7-12(2)18(11)15-8-13-9-16(22-3)17(23-4)10-14(13)19(20)21-15;/h5-10H,1-4H3,(H2,20,21);1H. The fourth-order valence-corrected chi connectivity index (χ4v) is 2.95. The first-order valence-electron chi connectivity index (χ1n) is 7.44. The number of nitrogen functional groups attached to an aromatic ring is 1. The summed E-state index contributed by atoms with van der Waals surface area (Å²) in [5, 5.41) is 1.84. The molecular weight excluding hydrogens is 324 g/mol. The minimum Gasteiger partial charge on any atom is -0.493 e. The van der Waals surface area contributed by atoms with E-state index in [1.807, 2.05) is 24.3 Å². The Bertz CT molecular complexity index is 874. The molecule has 24 heavy (non-hydrogen) atoms. The zero-order chi connectivity index (χ0) is 16.6. The van der Waals surface area contributed by atoms with E-state index >= 15 is 0 Å². The molecule has 5 heteroatoms. The van der Waals surface area contributed by atoms with Crippen LogP contribution in [0.4, 0.5) is 5.82 Å². The molecule has 0 fully saturated rings. The van der Waals surface area contributed by atoms with Crippen molar-refractivity contribution >= 4 is 29.0 Å². The lowest BCUT2D eigenvalue weighted by atomic mass is 9.98. The maximum atomic E-state index is 6.20. The topological polar surface area (TPSA) is 57.4 Å². The minimum atomic E-state index is 0. The number of halogens is 1. The molecule has 0 amide bonds. The largest absolute Gasteiger partial charge is 0.493 e. The fourth-order valence-electron chi connectivity index (χ4n) is 2.95. The number of methoxy groups -OCH3 is 2. The van der Waals surface area contributed by atoms with Crippen LogP contribution >= 0.6 is 12.4 Å². The van der Waals surface area contributed by atoms with E-state index in [-0.39, 0.29) is 12.4 Å². The maximum Gasteiger partial charge on any atom is 0.161 e. The maximum absolute atomic E-state index is 6.20. The monoisotopic (exact) mass is 344 g/mol. The normalized spacial score (nSPS) is 10.3. The van der Waals surface area contributed by atoms with Gasteiger partial charge in [0.15, 0.2) is 11.5 Å². The van der Waals surface area contributed by atoms with Gasteiger partial charge in [0.1, 0.15) is 5.82 Å². The zero-order valence-electron chi connectivity index (χ0n) is 14.2. The summed E-state index contributed by atoms with van der Waals surface area (Å²) in [6, 6.07) is 12.1. The lowest BCUT2D eigenvalue weighted by Crippen LogP contribution is -1.98. The molecule has 1 heterocycles. The number of nitrogens with zero attached hydrogens (tertiary/aromatic N) is 1. The SMILES string of the molecule is COc1cc2cc(-c3c(C)cccc3C)nc(N)c2cc1OC.Cl. The highest BCUT2D eigenvalue weighted by Crippen LogP contribution is 2.36. The molecule has 0 aliphatic carbocycles. The van der Waals surface area contributed by atoms with Gasteiger partial charge in [-0.15, -0.1) is 12.4 Å². The lowest BCUT2D eigenvalue weighted by Gasteiger charge is -2.14. The van der Waals surface area contributed by atoms with Crippen molar-refractivity contribution in [3.05, 3.63) is 47.5 Å². The van der Waals surface area contributed by atoms with Crippen molar-refractivity contribution in [2.45, 2.75) is 13.8 Å². The summed E-state index contributed by atoms with van der Waals surface area (Å²) in [6.07, 6.45) is 0. The Balaban J connectivity index is 0.00000208. The van der Waals surface area contributed by atoms with Gasteiger partial charge in [-0.05, 0) is 48.6 Å². The van der Waals surface area contributed by atoms with Crippen LogP contribution < -0.4 is 15.2 Å². The van der Waals surface area contributed by atoms with Crippen LogP contribution in [-0.4, -0.2) is 19.2 Å². The van der Waals surface area contributed by atoms with Gasteiger partial charge in [0.25, 0.3) is 0 Å². The molecule has 0 radical (unpaired) electrons. The first-order chi connectivity index (χ1) is 11.0. The summed E-state index contributed by atoms with van der Waals surface area (Å²) < 4.78 is 10.7. The first kappa shape index (κ1) is 17.9. The van der Waals surface area contributed by atoms with Crippen LogP contribution in [0.2, 0.25) is 0 Å². The quantitative estimate of drug-likeness (QED) is 0.757. The van der Waals surface area contributed by atoms with E-state index in [9.17, 15) is 0 Å². The van der Waals surface area contributed by atoms with Crippen molar-refractivity contribution < 1.29 is 9.47 Å². The summed E-state index contributed by atoms with van der Waals surface area (Å²) >= 11 is 0. The van der Waals surface area contributed by atoms with Crippen LogP contribution in [0.15, 0.2) is 36.4 Å². The molecule has 3 aromatic rings. The van der Waals surface area contributed by atoms with Crippen LogP contribution in [-0.2, 0) is 0 Å². The Morgan fingerprint density at radius 3 is 2.08 bits per heavy atom. The molecule has 0 saturated carbocycles. The summed E-state index contributed by atoms with van der Waals surface area (Å²) in [5.74, 6) is 1.81. The van der Waals surface area contributed by atoms with Crippen molar-refractivity contribution in [3.8, 4) is 22.8 Å². The van der Waals surface area contributed by atoms with Gasteiger partial charge < -0.3 is 15.2 Å². The second-order valence-corrected chi connectivity index (χ2v) is 5.59. The molecule has 1 aromatic heterocycles. The van der Waals surface area contributed by atoms with Crippen LogP contribution in [0, 0.1) is 13.8 Å². The van der Waals surface area contributed by atoms with Crippen LogP contribution in [0.5, 0.6) is 11.5 Å². The average Bonchev–Trinajstić information content (AvgIpc) is 2.53. The Kier molecular flexibility index (Phi) is 5.20. The summed E-state index contributed by atoms with van der Waals surface area (Å²) in [6.45, 7) is 4.16. The highest BCUT2D eigenvalue weighted by molar-refractivity contribution is 5.96. The van der Waals surface area contributed by atoms with Crippen LogP contribution in [0.25, 0.3) is 22.0 Å². The number of aryl methyl sites for hydroxylation is 2. The minimum absolute atomic E-state index is 0. The Morgan fingerprint density at radius 2 is 1.50 bits per heavy atom. The Labute approximate surface area is 148 Å². The van der Waals surface area contributed by atoms with E-state index in [1.54, 1.807) is 14.2 Å². The van der Waals surface area contributed by atoms with E-state index in [1.165, 1.54) is 11.1 Å². The van der Waals surface area contributed by atoms with Crippen LogP contribution in [0.3, 0.4) is 0 Å². The Hall–Kier alpha value is -2.46. The van der Waals surface area contributed by atoms with E-state index in [2.05, 4.69) is 31.0 Å². The molecule has 0 unspecified atom stereocenters. The zero-order valence-corrected chi connectivity index (χ0v) is 15.0. The molecule has 4 nitrogen and oxygen atoms in total. The smallest absolute Gasteiger partial charge is 0.161 e. The third kappa shape index (κ3) is 2.97.